The molecule has 6 nitrogen and oxygen atoms in total. The Hall–Kier alpha value is -2.94. The lowest BCUT2D eigenvalue weighted by Gasteiger charge is -2.18. The van der Waals surface area contributed by atoms with Gasteiger partial charge in [-0.2, -0.15) is 5.10 Å². The van der Waals surface area contributed by atoms with Crippen LogP contribution in [0.25, 0.3) is 10.6 Å². The van der Waals surface area contributed by atoms with Gasteiger partial charge in [-0.15, -0.1) is 11.3 Å². The van der Waals surface area contributed by atoms with Crippen molar-refractivity contribution in [3.8, 4) is 10.6 Å². The Kier molecular flexibility index (Phi) is 5.35. The van der Waals surface area contributed by atoms with E-state index in [2.05, 4.69) is 0 Å². The number of carboxylic acids is 1. The van der Waals surface area contributed by atoms with Gasteiger partial charge >= 0.3 is 5.97 Å². The number of benzene rings is 1. The van der Waals surface area contributed by atoms with E-state index in [1.807, 2.05) is 58.9 Å². The first-order valence-corrected chi connectivity index (χ1v) is 11.6. The fraction of sp³-hybridized carbons (Fsp3) is 0.136. The Morgan fingerprint density at radius 3 is 2.74 bits per heavy atom. The summed E-state index contributed by atoms with van der Waals surface area (Å²) in [5.41, 5.74) is 2.57. The van der Waals surface area contributed by atoms with Crippen LogP contribution in [0.5, 0.6) is 0 Å². The number of rotatable bonds is 6. The Morgan fingerprint density at radius 1 is 1.23 bits per heavy atom. The van der Waals surface area contributed by atoms with Crippen LogP contribution in [0.2, 0.25) is 5.02 Å². The average Bonchev–Trinajstić information content (AvgIpc) is 3.52. The van der Waals surface area contributed by atoms with Gasteiger partial charge in [-0.3, -0.25) is 4.79 Å². The van der Waals surface area contributed by atoms with Crippen molar-refractivity contribution in [3.63, 3.8) is 0 Å². The zero-order valence-corrected chi connectivity index (χ0v) is 18.5. The second-order valence-corrected chi connectivity index (χ2v) is 9.40. The number of hydrogen-bond acceptors (Lipinski definition) is 7. The van der Waals surface area contributed by atoms with E-state index in [-0.39, 0.29) is 12.5 Å². The van der Waals surface area contributed by atoms with Gasteiger partial charge in [-0.25, -0.2) is 9.99 Å². The van der Waals surface area contributed by atoms with Crippen LogP contribution in [-0.4, -0.2) is 21.8 Å². The van der Waals surface area contributed by atoms with Gasteiger partial charge < -0.3 is 9.52 Å². The van der Waals surface area contributed by atoms with Crippen LogP contribution in [-0.2, 0) is 11.2 Å². The van der Waals surface area contributed by atoms with E-state index in [0.717, 1.165) is 21.9 Å². The minimum atomic E-state index is -0.887. The van der Waals surface area contributed by atoms with Gasteiger partial charge in [-0.1, -0.05) is 41.1 Å². The molecule has 1 aliphatic heterocycles. The summed E-state index contributed by atoms with van der Waals surface area (Å²) in [5.74, 6) is -0.109. The van der Waals surface area contributed by atoms with E-state index in [1.54, 1.807) is 6.26 Å². The number of thiophene rings is 1. The van der Waals surface area contributed by atoms with Gasteiger partial charge in [0.2, 0.25) is 5.13 Å². The molecule has 4 aromatic rings. The van der Waals surface area contributed by atoms with Crippen LogP contribution in [0.3, 0.4) is 0 Å². The predicted octanol–water partition coefficient (Wildman–Crippen LogP) is 6.10. The summed E-state index contributed by atoms with van der Waals surface area (Å²) in [4.78, 5) is 17.9. The Morgan fingerprint density at radius 2 is 2.06 bits per heavy atom. The third kappa shape index (κ3) is 4.01. The van der Waals surface area contributed by atoms with Crippen molar-refractivity contribution in [2.75, 3.05) is 5.01 Å². The third-order valence-electron chi connectivity index (χ3n) is 4.91. The number of hydrogen-bond donors (Lipinski definition) is 1. The molecule has 1 N–H and O–H groups in total. The Bertz CT molecular complexity index is 1230. The van der Waals surface area contributed by atoms with E-state index in [9.17, 15) is 9.90 Å². The summed E-state index contributed by atoms with van der Waals surface area (Å²) in [5, 5.41) is 19.4. The van der Waals surface area contributed by atoms with Gasteiger partial charge in [0.15, 0.2) is 0 Å². The molecule has 5 rings (SSSR count). The molecule has 0 saturated heterocycles. The van der Waals surface area contributed by atoms with E-state index in [4.69, 9.17) is 26.1 Å². The summed E-state index contributed by atoms with van der Waals surface area (Å²) in [6.07, 6.45) is 2.19. The second kappa shape index (κ2) is 8.30. The topological polar surface area (TPSA) is 78.9 Å². The number of anilines is 1. The fourth-order valence-corrected chi connectivity index (χ4v) is 5.51. The SMILES string of the molecule is O=C(O)Cc1sc(N2N=C(c3ccc(Cl)cc3)CC2c2ccco2)nc1-c1cccs1. The molecule has 0 bridgehead atoms. The van der Waals surface area contributed by atoms with Crippen molar-refractivity contribution in [1.82, 2.24) is 4.98 Å². The first-order valence-electron chi connectivity index (χ1n) is 9.50. The summed E-state index contributed by atoms with van der Waals surface area (Å²) in [7, 11) is 0. The smallest absolute Gasteiger partial charge is 0.308 e. The highest BCUT2D eigenvalue weighted by Crippen LogP contribution is 2.42. The minimum Gasteiger partial charge on any atom is -0.481 e. The fourth-order valence-electron chi connectivity index (χ4n) is 3.51. The van der Waals surface area contributed by atoms with Crippen molar-refractivity contribution >= 4 is 51.1 Å². The first kappa shape index (κ1) is 20.0. The number of carboxylic acid groups (broad SMARTS) is 1. The molecule has 0 aliphatic carbocycles. The normalized spacial score (nSPS) is 16.0. The minimum absolute atomic E-state index is 0.0854. The molecular weight excluding hydrogens is 454 g/mol. The van der Waals surface area contributed by atoms with Crippen molar-refractivity contribution in [2.45, 2.75) is 18.9 Å². The highest BCUT2D eigenvalue weighted by atomic mass is 35.5. The maximum atomic E-state index is 11.5. The average molecular weight is 470 g/mol. The number of halogens is 1. The van der Waals surface area contributed by atoms with Crippen LogP contribution >= 0.6 is 34.3 Å². The number of nitrogens with zero attached hydrogens (tertiary/aromatic N) is 3. The molecule has 1 atom stereocenters. The predicted molar refractivity (Wildman–Crippen MR) is 123 cm³/mol. The molecule has 0 amide bonds. The summed E-state index contributed by atoms with van der Waals surface area (Å²) in [6.45, 7) is 0. The van der Waals surface area contributed by atoms with Gasteiger partial charge in [0.05, 0.1) is 29.0 Å². The molecule has 0 saturated carbocycles. The molecule has 3 aromatic heterocycles. The lowest BCUT2D eigenvalue weighted by Crippen LogP contribution is -2.17. The van der Waals surface area contributed by atoms with E-state index >= 15 is 0 Å². The van der Waals surface area contributed by atoms with Crippen molar-refractivity contribution in [1.29, 1.82) is 0 Å². The second-order valence-electron chi connectivity index (χ2n) is 6.95. The van der Waals surface area contributed by atoms with Gasteiger partial charge in [0.25, 0.3) is 0 Å². The highest BCUT2D eigenvalue weighted by Gasteiger charge is 2.34. The maximum absolute atomic E-state index is 11.5. The number of hydrazone groups is 1. The van der Waals surface area contributed by atoms with Crippen molar-refractivity contribution in [2.24, 2.45) is 5.10 Å². The molecule has 9 heteroatoms. The standard InChI is InChI=1S/C22H16ClN3O3S2/c23-14-7-5-13(6-8-14)15-11-16(17-3-1-9-29-17)26(25-15)22-24-21(18-4-2-10-30-18)19(31-22)12-20(27)28/h1-10,16H,11-12H2,(H,27,28). The molecule has 31 heavy (non-hydrogen) atoms. The molecular formula is C22H16ClN3O3S2. The number of furan rings is 1. The number of aromatic nitrogens is 1. The molecule has 1 unspecified atom stereocenters. The zero-order valence-electron chi connectivity index (χ0n) is 16.1. The maximum Gasteiger partial charge on any atom is 0.308 e. The Labute approximate surface area is 191 Å². The lowest BCUT2D eigenvalue weighted by atomic mass is 10.0. The highest BCUT2D eigenvalue weighted by molar-refractivity contribution is 7.17. The van der Waals surface area contributed by atoms with Crippen molar-refractivity contribution in [3.05, 3.63) is 81.4 Å². The molecule has 0 spiro atoms. The number of thiazole rings is 1. The van der Waals surface area contributed by atoms with E-state index in [1.165, 1.54) is 22.7 Å². The summed E-state index contributed by atoms with van der Waals surface area (Å²) >= 11 is 8.93. The zero-order chi connectivity index (χ0) is 21.4. The molecule has 0 radical (unpaired) electrons. The van der Waals surface area contributed by atoms with Gasteiger partial charge in [0, 0.05) is 16.3 Å². The van der Waals surface area contributed by atoms with Crippen LogP contribution in [0.4, 0.5) is 5.13 Å². The third-order valence-corrected chi connectivity index (χ3v) is 7.08. The Balaban J connectivity index is 1.58. The van der Waals surface area contributed by atoms with Crippen LogP contribution in [0.1, 0.15) is 28.7 Å². The van der Waals surface area contributed by atoms with Crippen LogP contribution in [0.15, 0.2) is 69.7 Å². The van der Waals surface area contributed by atoms with Crippen LogP contribution < -0.4 is 5.01 Å². The molecule has 4 heterocycles. The largest absolute Gasteiger partial charge is 0.481 e. The summed E-state index contributed by atoms with van der Waals surface area (Å²) < 4.78 is 5.70. The molecule has 1 aliphatic rings. The monoisotopic (exact) mass is 469 g/mol. The quantitative estimate of drug-likeness (QED) is 0.369. The van der Waals surface area contributed by atoms with E-state index in [0.29, 0.717) is 27.1 Å². The van der Waals surface area contributed by atoms with Crippen molar-refractivity contribution < 1.29 is 14.3 Å². The summed E-state index contributed by atoms with van der Waals surface area (Å²) in [6, 6.07) is 15.1. The molecule has 1 aromatic carbocycles. The van der Waals surface area contributed by atoms with Gasteiger partial charge in [0.1, 0.15) is 11.8 Å². The lowest BCUT2D eigenvalue weighted by molar-refractivity contribution is -0.136. The van der Waals surface area contributed by atoms with E-state index < -0.39 is 5.97 Å². The first-order chi connectivity index (χ1) is 15.1. The number of carbonyl (C=O) groups is 1. The van der Waals surface area contributed by atoms with Crippen LogP contribution in [0, 0.1) is 0 Å². The molecule has 0 fully saturated rings. The number of aliphatic carboxylic acids is 1. The molecule has 156 valence electrons. The van der Waals surface area contributed by atoms with Gasteiger partial charge in [-0.05, 0) is 41.3 Å².